The number of rotatable bonds is 2. The molecule has 0 spiro atoms. The molecule has 2 aromatic rings. The minimum absolute atomic E-state index is 0.906. The van der Waals surface area contributed by atoms with E-state index in [1.165, 1.54) is 23.3 Å². The summed E-state index contributed by atoms with van der Waals surface area (Å²) in [6.07, 6.45) is 5.44. The molecule has 3 heteroatoms. The lowest BCUT2D eigenvalue weighted by Crippen LogP contribution is -1.91. The number of benzene rings is 1. The van der Waals surface area contributed by atoms with Crippen LogP contribution in [0.2, 0.25) is 0 Å². The van der Waals surface area contributed by atoms with Gasteiger partial charge in [-0.05, 0) is 24.6 Å². The van der Waals surface area contributed by atoms with Crippen molar-refractivity contribution in [3.8, 4) is 11.8 Å². The first-order valence-electron chi connectivity index (χ1n) is 6.69. The maximum absolute atomic E-state index is 4.64. The molecule has 0 N–H and O–H groups in total. The van der Waals surface area contributed by atoms with Gasteiger partial charge < -0.3 is 4.57 Å². The van der Waals surface area contributed by atoms with Crippen LogP contribution in [0.1, 0.15) is 26.2 Å². The highest BCUT2D eigenvalue weighted by Gasteiger charge is 2.20. The summed E-state index contributed by atoms with van der Waals surface area (Å²) in [4.78, 5) is 5.93. The molecular formula is C16H16N2S. The van der Waals surface area contributed by atoms with Gasteiger partial charge in [0.05, 0.1) is 17.6 Å². The Balaban J connectivity index is 1.77. The molecule has 2 heterocycles. The molecule has 1 aromatic heterocycles. The average molecular weight is 268 g/mol. The highest BCUT2D eigenvalue weighted by Crippen LogP contribution is 2.37. The van der Waals surface area contributed by atoms with Crippen LogP contribution >= 0.6 is 11.8 Å². The number of aromatic nitrogens is 2. The summed E-state index contributed by atoms with van der Waals surface area (Å²) < 4.78 is 2.26. The first-order valence-corrected chi connectivity index (χ1v) is 7.50. The fourth-order valence-electron chi connectivity index (χ4n) is 2.13. The summed E-state index contributed by atoms with van der Waals surface area (Å²) >= 11 is 1.74. The first kappa shape index (κ1) is 12.4. The van der Waals surface area contributed by atoms with Gasteiger partial charge in [0.2, 0.25) is 0 Å². The minimum Gasteiger partial charge on any atom is -0.314 e. The summed E-state index contributed by atoms with van der Waals surface area (Å²) in [5.74, 6) is 6.36. The quantitative estimate of drug-likeness (QED) is 0.599. The van der Waals surface area contributed by atoms with E-state index in [0.29, 0.717) is 0 Å². The van der Waals surface area contributed by atoms with E-state index < -0.39 is 0 Å². The lowest BCUT2D eigenvalue weighted by Gasteiger charge is -1.96. The zero-order chi connectivity index (χ0) is 13.1. The van der Waals surface area contributed by atoms with Gasteiger partial charge in [0.15, 0.2) is 5.16 Å². The number of allylic oxidation sites excluding steroid dienone is 2. The summed E-state index contributed by atoms with van der Waals surface area (Å²) in [5.41, 5.74) is 2.30. The number of hydrogen-bond acceptors (Lipinski definition) is 2. The highest BCUT2D eigenvalue weighted by molar-refractivity contribution is 8.03. The minimum atomic E-state index is 0.906. The predicted molar refractivity (Wildman–Crippen MR) is 81.0 cm³/mol. The van der Waals surface area contributed by atoms with Crippen LogP contribution in [0.25, 0.3) is 11.0 Å². The normalized spacial score (nSPS) is 15.5. The van der Waals surface area contributed by atoms with Crippen molar-refractivity contribution in [1.82, 2.24) is 9.55 Å². The van der Waals surface area contributed by atoms with Crippen molar-refractivity contribution in [2.24, 2.45) is 0 Å². The Morgan fingerprint density at radius 2 is 2.32 bits per heavy atom. The number of hydrogen-bond donors (Lipinski definition) is 0. The third kappa shape index (κ3) is 2.54. The summed E-state index contributed by atoms with van der Waals surface area (Å²) in [6.45, 7) is 3.10. The number of para-hydroxylation sites is 2. The van der Waals surface area contributed by atoms with E-state index in [1.54, 1.807) is 11.8 Å². The molecule has 19 heavy (non-hydrogen) atoms. The molecule has 0 unspecified atom stereocenters. The predicted octanol–water partition coefficient (Wildman–Crippen LogP) is 4.22. The number of imidazole rings is 1. The molecule has 0 atom stereocenters. The second-order valence-electron chi connectivity index (χ2n) is 4.61. The molecule has 2 nitrogen and oxygen atoms in total. The lowest BCUT2D eigenvalue weighted by atomic mass is 10.2. The maximum Gasteiger partial charge on any atom is 0.174 e. The van der Waals surface area contributed by atoms with Crippen LogP contribution in [0.15, 0.2) is 40.4 Å². The van der Waals surface area contributed by atoms with Crippen LogP contribution < -0.4 is 0 Å². The van der Waals surface area contributed by atoms with Gasteiger partial charge in [0.25, 0.3) is 0 Å². The third-order valence-electron chi connectivity index (χ3n) is 3.15. The lowest BCUT2D eigenvalue weighted by molar-refractivity contribution is 0.768. The highest BCUT2D eigenvalue weighted by atomic mass is 32.2. The zero-order valence-electron chi connectivity index (χ0n) is 11.0. The number of unbranched alkanes of at least 4 members (excludes halogenated alkanes) is 2. The topological polar surface area (TPSA) is 17.8 Å². The number of fused-ring (bicyclic) bond motifs is 3. The summed E-state index contributed by atoms with van der Waals surface area (Å²) in [6, 6.07) is 8.29. The van der Waals surface area contributed by atoms with Crippen molar-refractivity contribution in [2.75, 3.05) is 0 Å². The SMILES string of the molecule is CCCCC#C/C=C1\Cn2c(nc3ccccc32)S1. The smallest absolute Gasteiger partial charge is 0.174 e. The van der Waals surface area contributed by atoms with Gasteiger partial charge in [0, 0.05) is 11.3 Å². The van der Waals surface area contributed by atoms with Gasteiger partial charge in [-0.3, -0.25) is 0 Å². The fourth-order valence-corrected chi connectivity index (χ4v) is 3.10. The van der Waals surface area contributed by atoms with Crippen molar-refractivity contribution in [3.63, 3.8) is 0 Å². The molecule has 0 radical (unpaired) electrons. The average Bonchev–Trinajstić information content (AvgIpc) is 2.95. The summed E-state index contributed by atoms with van der Waals surface area (Å²) in [5, 5.41) is 1.09. The Kier molecular flexibility index (Phi) is 3.61. The van der Waals surface area contributed by atoms with Crippen molar-refractivity contribution < 1.29 is 0 Å². The van der Waals surface area contributed by atoms with Crippen LogP contribution in [-0.2, 0) is 6.54 Å². The Hall–Kier alpha value is -1.66. The first-order chi connectivity index (χ1) is 9.38. The van der Waals surface area contributed by atoms with Crippen molar-refractivity contribution >= 4 is 22.8 Å². The van der Waals surface area contributed by atoms with Crippen molar-refractivity contribution in [1.29, 1.82) is 0 Å². The van der Waals surface area contributed by atoms with E-state index in [9.17, 15) is 0 Å². The molecule has 96 valence electrons. The molecule has 1 aromatic carbocycles. The molecular weight excluding hydrogens is 252 g/mol. The van der Waals surface area contributed by atoms with Crippen LogP contribution in [0.3, 0.4) is 0 Å². The number of nitrogens with zero attached hydrogens (tertiary/aromatic N) is 2. The van der Waals surface area contributed by atoms with Gasteiger partial charge in [-0.15, -0.1) is 0 Å². The van der Waals surface area contributed by atoms with E-state index in [0.717, 1.165) is 23.6 Å². The third-order valence-corrected chi connectivity index (χ3v) is 4.15. The molecule has 0 amide bonds. The van der Waals surface area contributed by atoms with Gasteiger partial charge in [-0.25, -0.2) is 4.98 Å². The maximum atomic E-state index is 4.64. The van der Waals surface area contributed by atoms with Gasteiger partial charge in [0.1, 0.15) is 0 Å². The zero-order valence-corrected chi connectivity index (χ0v) is 11.8. The Morgan fingerprint density at radius 1 is 1.42 bits per heavy atom. The van der Waals surface area contributed by atoms with Gasteiger partial charge >= 0.3 is 0 Å². The largest absolute Gasteiger partial charge is 0.314 e. The second kappa shape index (κ2) is 5.54. The fraction of sp³-hybridized carbons (Fsp3) is 0.312. The van der Waals surface area contributed by atoms with Crippen LogP contribution in [0.5, 0.6) is 0 Å². The monoisotopic (exact) mass is 268 g/mol. The van der Waals surface area contributed by atoms with Crippen LogP contribution in [0, 0.1) is 11.8 Å². The molecule has 0 fully saturated rings. The van der Waals surface area contributed by atoms with Crippen LogP contribution in [0.4, 0.5) is 0 Å². The molecule has 3 rings (SSSR count). The van der Waals surface area contributed by atoms with Crippen LogP contribution in [-0.4, -0.2) is 9.55 Å². The second-order valence-corrected chi connectivity index (χ2v) is 5.70. The molecule has 0 aliphatic carbocycles. The molecule has 0 saturated carbocycles. The van der Waals surface area contributed by atoms with Gasteiger partial charge in [-0.1, -0.05) is 49.1 Å². The van der Waals surface area contributed by atoms with E-state index >= 15 is 0 Å². The molecule has 1 aliphatic heterocycles. The molecule has 1 aliphatic rings. The summed E-state index contributed by atoms with van der Waals surface area (Å²) in [7, 11) is 0. The Morgan fingerprint density at radius 3 is 3.21 bits per heavy atom. The number of thioether (sulfide) groups is 1. The van der Waals surface area contributed by atoms with Crippen molar-refractivity contribution in [2.45, 2.75) is 37.9 Å². The van der Waals surface area contributed by atoms with E-state index in [4.69, 9.17) is 0 Å². The van der Waals surface area contributed by atoms with Gasteiger partial charge in [-0.2, -0.15) is 0 Å². The molecule has 0 bridgehead atoms. The Labute approximate surface area is 117 Å². The van der Waals surface area contributed by atoms with Crippen molar-refractivity contribution in [3.05, 3.63) is 35.2 Å². The standard InChI is InChI=1S/C16H16N2S/c1-2-3-4-5-6-9-13-12-18-15-11-8-7-10-14(15)17-16(18)19-13/h7-11H,2-4,12H2,1H3/b13-9+. The Bertz CT molecular complexity index is 686. The molecule has 0 saturated heterocycles. The van der Waals surface area contributed by atoms with E-state index in [2.05, 4.69) is 46.5 Å². The van der Waals surface area contributed by atoms with E-state index in [1.807, 2.05) is 12.1 Å². The van der Waals surface area contributed by atoms with E-state index in [-0.39, 0.29) is 0 Å².